The van der Waals surface area contributed by atoms with Crippen LogP contribution in [0.5, 0.6) is 0 Å². The molecule has 41 heavy (non-hydrogen) atoms. The van der Waals surface area contributed by atoms with Gasteiger partial charge in [0.25, 0.3) is 0 Å². The van der Waals surface area contributed by atoms with E-state index in [1.165, 1.54) is 12.1 Å². The minimum atomic E-state index is -4.00. The molecule has 1 fully saturated rings. The molecule has 3 aromatic rings. The van der Waals surface area contributed by atoms with Crippen LogP contribution in [0.2, 0.25) is 0 Å². The summed E-state index contributed by atoms with van der Waals surface area (Å²) >= 11 is 0. The van der Waals surface area contributed by atoms with Crippen LogP contribution in [0.4, 0.5) is 0 Å². The molecule has 0 N–H and O–H groups in total. The maximum absolute atomic E-state index is 14.5. The highest BCUT2D eigenvalue weighted by Gasteiger charge is 2.44. The Morgan fingerprint density at radius 2 is 1.34 bits per heavy atom. The van der Waals surface area contributed by atoms with E-state index in [1.807, 2.05) is 19.1 Å². The van der Waals surface area contributed by atoms with E-state index in [-0.39, 0.29) is 29.3 Å². The predicted molar refractivity (Wildman–Crippen MR) is 159 cm³/mol. The van der Waals surface area contributed by atoms with Crippen LogP contribution in [0.1, 0.15) is 50.2 Å². The number of carbonyl (C=O) groups is 1. The second kappa shape index (κ2) is 12.8. The number of sulfonamides is 1. The number of Topliss-reactive ketones (excluding diaryl/α,β-unsaturated/α-hetero) is 1. The normalized spacial score (nSPS) is 16.8. The van der Waals surface area contributed by atoms with Gasteiger partial charge in [-0.25, -0.2) is 8.42 Å². The van der Waals surface area contributed by atoms with Crippen LogP contribution in [-0.2, 0) is 33.2 Å². The Bertz CT molecular complexity index is 1520. The number of aryl methyl sites for hydroxylation is 1. The van der Waals surface area contributed by atoms with Crippen molar-refractivity contribution < 1.29 is 31.6 Å². The molecule has 1 heterocycles. The van der Waals surface area contributed by atoms with Gasteiger partial charge in [0, 0.05) is 17.7 Å². The van der Waals surface area contributed by atoms with Crippen molar-refractivity contribution in [3.8, 4) is 0 Å². The van der Waals surface area contributed by atoms with E-state index >= 15 is 0 Å². The monoisotopic (exact) mass is 597 g/mol. The van der Waals surface area contributed by atoms with Crippen LogP contribution >= 0.6 is 7.60 Å². The van der Waals surface area contributed by atoms with E-state index in [2.05, 4.69) is 0 Å². The lowest BCUT2D eigenvalue weighted by atomic mass is 10.1. The van der Waals surface area contributed by atoms with E-state index in [9.17, 15) is 17.8 Å². The third-order valence-electron chi connectivity index (χ3n) is 6.28. The minimum absolute atomic E-state index is 0.0988. The first-order valence-corrected chi connectivity index (χ1v) is 16.5. The van der Waals surface area contributed by atoms with Crippen LogP contribution < -0.4 is 0 Å². The van der Waals surface area contributed by atoms with Crippen LogP contribution in [0.15, 0.2) is 95.4 Å². The molecule has 10 heteroatoms. The molecule has 0 amide bonds. The summed E-state index contributed by atoms with van der Waals surface area (Å²) in [5, 5.41) is 0. The Kier molecular flexibility index (Phi) is 9.67. The lowest BCUT2D eigenvalue weighted by Gasteiger charge is -2.31. The van der Waals surface area contributed by atoms with Crippen molar-refractivity contribution in [3.63, 3.8) is 0 Å². The van der Waals surface area contributed by atoms with Crippen LogP contribution in [0, 0.1) is 6.92 Å². The molecule has 0 bridgehead atoms. The second-order valence-corrected chi connectivity index (χ2v) is 14.3. The fourth-order valence-corrected chi connectivity index (χ4v) is 8.06. The topological polar surface area (TPSA) is 99.2 Å². The summed E-state index contributed by atoms with van der Waals surface area (Å²) in [7, 11) is -7.96. The maximum atomic E-state index is 14.5. The summed E-state index contributed by atoms with van der Waals surface area (Å²) in [5.74, 6) is -1.51. The zero-order valence-corrected chi connectivity index (χ0v) is 25.6. The Hall–Kier alpha value is -3.07. The molecule has 0 aliphatic carbocycles. The van der Waals surface area contributed by atoms with E-state index in [4.69, 9.17) is 13.8 Å². The molecule has 1 saturated heterocycles. The maximum Gasteiger partial charge on any atom is 0.375 e. The fraction of sp³-hybridized carbons (Fsp3) is 0.323. The van der Waals surface area contributed by atoms with Crippen LogP contribution in [0.25, 0.3) is 5.76 Å². The Morgan fingerprint density at radius 3 is 1.88 bits per heavy atom. The zero-order chi connectivity index (χ0) is 29.8. The molecule has 1 unspecified atom stereocenters. The number of carbonyl (C=O) groups excluding carboxylic acids is 1. The van der Waals surface area contributed by atoms with Crippen molar-refractivity contribution in [1.82, 2.24) is 4.31 Å². The van der Waals surface area contributed by atoms with Gasteiger partial charge in [0.05, 0.1) is 29.2 Å². The van der Waals surface area contributed by atoms with Gasteiger partial charge in [-0.1, -0.05) is 78.4 Å². The van der Waals surface area contributed by atoms with Gasteiger partial charge in [0.1, 0.15) is 5.76 Å². The van der Waals surface area contributed by atoms with Crippen LogP contribution in [0.3, 0.4) is 0 Å². The summed E-state index contributed by atoms with van der Waals surface area (Å²) < 4.78 is 60.9. The van der Waals surface area contributed by atoms with Crippen molar-refractivity contribution in [3.05, 3.63) is 107 Å². The quantitative estimate of drug-likeness (QED) is 0.137. The molecule has 0 aromatic heterocycles. The summed E-state index contributed by atoms with van der Waals surface area (Å²) in [5.41, 5.74) is 2.15. The fourth-order valence-electron chi connectivity index (χ4n) is 4.47. The number of benzene rings is 3. The van der Waals surface area contributed by atoms with Crippen molar-refractivity contribution in [2.45, 2.75) is 57.6 Å². The molecule has 1 aliphatic rings. The summed E-state index contributed by atoms with van der Waals surface area (Å²) in [6.07, 6.45) is -0.907. The number of nitrogens with zero attached hydrogens (tertiary/aromatic N) is 1. The number of hydrogen-bond donors (Lipinski definition) is 0. The average Bonchev–Trinajstić information content (AvgIpc) is 3.31. The Balaban J connectivity index is 1.84. The molecule has 1 atom stereocenters. The number of rotatable bonds is 11. The van der Waals surface area contributed by atoms with E-state index in [0.29, 0.717) is 11.1 Å². The highest BCUT2D eigenvalue weighted by atomic mass is 32.2. The first kappa shape index (κ1) is 30.9. The molecule has 0 radical (unpaired) electrons. The highest BCUT2D eigenvalue weighted by Crippen LogP contribution is 2.64. The number of ketones is 1. The van der Waals surface area contributed by atoms with Gasteiger partial charge >= 0.3 is 7.60 Å². The highest BCUT2D eigenvalue weighted by molar-refractivity contribution is 7.89. The summed E-state index contributed by atoms with van der Waals surface area (Å²) in [4.78, 5) is 13.6. The molecule has 3 aromatic carbocycles. The van der Waals surface area contributed by atoms with Gasteiger partial charge in [-0.15, -0.1) is 0 Å². The minimum Gasteiger partial charge on any atom is -0.472 e. The van der Waals surface area contributed by atoms with E-state index in [0.717, 1.165) is 9.87 Å². The molecule has 4 rings (SSSR count). The lowest BCUT2D eigenvalue weighted by Crippen LogP contribution is -2.29. The van der Waals surface area contributed by atoms with Gasteiger partial charge in [0.2, 0.25) is 15.9 Å². The van der Waals surface area contributed by atoms with Crippen molar-refractivity contribution in [1.29, 1.82) is 0 Å². The molecule has 1 aliphatic heterocycles. The zero-order valence-electron chi connectivity index (χ0n) is 23.9. The first-order valence-electron chi connectivity index (χ1n) is 13.5. The number of hydrogen-bond acceptors (Lipinski definition) is 7. The van der Waals surface area contributed by atoms with E-state index < -0.39 is 41.5 Å². The van der Waals surface area contributed by atoms with Gasteiger partial charge in [-0.3, -0.25) is 9.36 Å². The summed E-state index contributed by atoms with van der Waals surface area (Å²) in [6, 6.07) is 24.3. The lowest BCUT2D eigenvalue weighted by molar-refractivity contribution is -0.114. The number of ether oxygens (including phenoxy) is 1. The van der Waals surface area contributed by atoms with Crippen molar-refractivity contribution >= 4 is 29.2 Å². The standard InChI is InChI=1S/C31H36NO7PS/c1-22(2)38-40(34,39-23(3)4)31(26-14-10-7-11-15-26)37-30(25-12-8-6-9-13-25)28-20-32(21-29(28)33)41(35,36)27-18-16-24(5)17-19-27/h6-19,22-23,31H,20-21H2,1-5H3/b30-28+. The predicted octanol–water partition coefficient (Wildman–Crippen LogP) is 6.74. The average molecular weight is 598 g/mol. The Morgan fingerprint density at radius 1 is 0.805 bits per heavy atom. The van der Waals surface area contributed by atoms with Crippen molar-refractivity contribution in [2.75, 3.05) is 13.1 Å². The molecular formula is C31H36NO7PS. The smallest absolute Gasteiger partial charge is 0.375 e. The second-order valence-electron chi connectivity index (χ2n) is 10.4. The molecular weight excluding hydrogens is 561 g/mol. The Labute approximate surface area is 242 Å². The third-order valence-corrected chi connectivity index (χ3v) is 10.5. The molecule has 8 nitrogen and oxygen atoms in total. The first-order chi connectivity index (χ1) is 19.4. The van der Waals surface area contributed by atoms with Crippen molar-refractivity contribution in [2.24, 2.45) is 0 Å². The van der Waals surface area contributed by atoms with Crippen LogP contribution in [-0.4, -0.2) is 43.8 Å². The molecule has 218 valence electrons. The van der Waals surface area contributed by atoms with Gasteiger partial charge in [-0.05, 0) is 46.8 Å². The van der Waals surface area contributed by atoms with E-state index in [1.54, 1.807) is 88.4 Å². The van der Waals surface area contributed by atoms with Gasteiger partial charge in [-0.2, -0.15) is 4.31 Å². The third kappa shape index (κ3) is 7.23. The molecule has 0 spiro atoms. The molecule has 0 saturated carbocycles. The SMILES string of the molecule is Cc1ccc(S(=O)(=O)N2CC(=O)/C(=C(/OC(c3ccccc3)P(=O)(OC(C)C)OC(C)C)c3ccccc3)C2)cc1. The summed E-state index contributed by atoms with van der Waals surface area (Å²) in [6.45, 7) is 8.33. The van der Waals surface area contributed by atoms with Gasteiger partial charge < -0.3 is 13.8 Å². The van der Waals surface area contributed by atoms with Gasteiger partial charge in [0.15, 0.2) is 5.78 Å². The largest absolute Gasteiger partial charge is 0.472 e.